The fraction of sp³-hybridized carbons (Fsp3) is 0.375. The standard InChI is InChI=1S/C16H20N2O4/c1-9-5-13(17-14(21)7-11(3)19)6-10(2)16(9)18-15(22)8-12(4)20/h5-6H,7-8H2,1-4H3,(H,17,21)(H,18,22). The van der Waals surface area contributed by atoms with E-state index in [1.807, 2.05) is 0 Å². The lowest BCUT2D eigenvalue weighted by atomic mass is 10.1. The summed E-state index contributed by atoms with van der Waals surface area (Å²) in [6.45, 7) is 6.28. The number of Topliss-reactive ketones (excluding diaryl/α,β-unsaturated/α-hetero) is 2. The number of carbonyl (C=O) groups is 4. The molecule has 0 heterocycles. The Morgan fingerprint density at radius 2 is 1.23 bits per heavy atom. The van der Waals surface area contributed by atoms with Crippen molar-refractivity contribution in [2.24, 2.45) is 0 Å². The molecule has 0 saturated carbocycles. The molecular formula is C16H20N2O4. The highest BCUT2D eigenvalue weighted by atomic mass is 16.2. The molecule has 2 N–H and O–H groups in total. The molecule has 2 amide bonds. The van der Waals surface area contributed by atoms with E-state index in [4.69, 9.17) is 0 Å². The second-order valence-electron chi connectivity index (χ2n) is 5.34. The van der Waals surface area contributed by atoms with Gasteiger partial charge in [-0.2, -0.15) is 0 Å². The van der Waals surface area contributed by atoms with Gasteiger partial charge in [0.1, 0.15) is 11.6 Å². The number of amides is 2. The van der Waals surface area contributed by atoms with Crippen LogP contribution in [0.1, 0.15) is 37.8 Å². The molecule has 0 aliphatic rings. The molecule has 0 bridgehead atoms. The summed E-state index contributed by atoms with van der Waals surface area (Å²) in [4.78, 5) is 45.1. The first kappa shape index (κ1) is 17.6. The Balaban J connectivity index is 2.88. The fourth-order valence-electron chi connectivity index (χ4n) is 2.07. The first-order valence-corrected chi connectivity index (χ1v) is 6.89. The highest BCUT2D eigenvalue weighted by Crippen LogP contribution is 2.25. The van der Waals surface area contributed by atoms with Crippen molar-refractivity contribution in [1.29, 1.82) is 0 Å². The number of carbonyl (C=O) groups excluding carboxylic acids is 4. The van der Waals surface area contributed by atoms with E-state index in [0.29, 0.717) is 11.4 Å². The smallest absolute Gasteiger partial charge is 0.231 e. The van der Waals surface area contributed by atoms with Crippen molar-refractivity contribution in [2.45, 2.75) is 40.5 Å². The van der Waals surface area contributed by atoms with Crippen LogP contribution in [0.25, 0.3) is 0 Å². The quantitative estimate of drug-likeness (QED) is 0.787. The Kier molecular flexibility index (Phi) is 5.98. The number of rotatable bonds is 6. The van der Waals surface area contributed by atoms with Gasteiger partial charge < -0.3 is 10.6 Å². The van der Waals surface area contributed by atoms with Crippen LogP contribution < -0.4 is 10.6 Å². The van der Waals surface area contributed by atoms with Crippen LogP contribution in [0, 0.1) is 13.8 Å². The van der Waals surface area contributed by atoms with E-state index < -0.39 is 0 Å². The predicted octanol–water partition coefficient (Wildman–Crippen LogP) is 2.14. The van der Waals surface area contributed by atoms with Crippen LogP contribution in [-0.4, -0.2) is 23.4 Å². The summed E-state index contributed by atoms with van der Waals surface area (Å²) in [5, 5.41) is 5.34. The van der Waals surface area contributed by atoms with Gasteiger partial charge in [0.2, 0.25) is 11.8 Å². The fourth-order valence-corrected chi connectivity index (χ4v) is 2.07. The molecule has 0 fully saturated rings. The van der Waals surface area contributed by atoms with Gasteiger partial charge in [-0.05, 0) is 51.0 Å². The highest BCUT2D eigenvalue weighted by molar-refractivity contribution is 6.05. The first-order valence-electron chi connectivity index (χ1n) is 6.89. The molecule has 118 valence electrons. The molecule has 0 aromatic heterocycles. The molecule has 1 aromatic carbocycles. The minimum absolute atomic E-state index is 0.171. The Morgan fingerprint density at radius 3 is 1.64 bits per heavy atom. The topological polar surface area (TPSA) is 92.3 Å². The van der Waals surface area contributed by atoms with E-state index >= 15 is 0 Å². The van der Waals surface area contributed by atoms with Gasteiger partial charge in [-0.15, -0.1) is 0 Å². The minimum atomic E-state index is -0.375. The number of benzene rings is 1. The van der Waals surface area contributed by atoms with Crippen molar-refractivity contribution in [3.05, 3.63) is 23.3 Å². The number of ketones is 2. The lowest BCUT2D eigenvalue weighted by molar-refractivity contribution is -0.125. The lowest BCUT2D eigenvalue weighted by Gasteiger charge is -2.14. The molecule has 1 aromatic rings. The van der Waals surface area contributed by atoms with Gasteiger partial charge in [0.05, 0.1) is 12.8 Å². The van der Waals surface area contributed by atoms with Crippen molar-refractivity contribution >= 4 is 34.8 Å². The maximum atomic E-state index is 11.7. The maximum absolute atomic E-state index is 11.7. The number of nitrogens with one attached hydrogen (secondary N) is 2. The van der Waals surface area contributed by atoms with Crippen molar-refractivity contribution in [3.63, 3.8) is 0 Å². The molecular weight excluding hydrogens is 284 g/mol. The van der Waals surface area contributed by atoms with Crippen molar-refractivity contribution in [3.8, 4) is 0 Å². The summed E-state index contributed by atoms with van der Waals surface area (Å²) < 4.78 is 0. The average molecular weight is 304 g/mol. The number of aryl methyl sites for hydroxylation is 2. The van der Waals surface area contributed by atoms with Crippen LogP contribution in [0.15, 0.2) is 12.1 Å². The molecule has 0 spiro atoms. The van der Waals surface area contributed by atoms with E-state index in [1.165, 1.54) is 13.8 Å². The van der Waals surface area contributed by atoms with E-state index in [2.05, 4.69) is 10.6 Å². The molecule has 0 unspecified atom stereocenters. The van der Waals surface area contributed by atoms with Crippen molar-refractivity contribution in [1.82, 2.24) is 0 Å². The third-order valence-electron chi connectivity index (χ3n) is 2.90. The van der Waals surface area contributed by atoms with Gasteiger partial charge in [-0.3, -0.25) is 19.2 Å². The normalized spacial score (nSPS) is 10.0. The molecule has 0 saturated heterocycles. The van der Waals surface area contributed by atoms with Crippen LogP contribution in [-0.2, 0) is 19.2 Å². The molecule has 0 radical (unpaired) electrons. The zero-order chi connectivity index (χ0) is 16.9. The van der Waals surface area contributed by atoms with Gasteiger partial charge in [-0.1, -0.05) is 0 Å². The third-order valence-corrected chi connectivity index (χ3v) is 2.90. The van der Waals surface area contributed by atoms with Gasteiger partial charge in [0.25, 0.3) is 0 Å². The van der Waals surface area contributed by atoms with Crippen LogP contribution in [0.4, 0.5) is 11.4 Å². The average Bonchev–Trinajstić information content (AvgIpc) is 2.31. The van der Waals surface area contributed by atoms with Gasteiger partial charge >= 0.3 is 0 Å². The molecule has 0 atom stereocenters. The predicted molar refractivity (Wildman–Crippen MR) is 83.8 cm³/mol. The van der Waals surface area contributed by atoms with Crippen molar-refractivity contribution < 1.29 is 19.2 Å². The highest BCUT2D eigenvalue weighted by Gasteiger charge is 2.12. The van der Waals surface area contributed by atoms with Crippen LogP contribution in [0.3, 0.4) is 0 Å². The number of hydrogen-bond acceptors (Lipinski definition) is 4. The first-order chi connectivity index (χ1) is 10.2. The Hall–Kier alpha value is -2.50. The molecule has 6 nitrogen and oxygen atoms in total. The zero-order valence-electron chi connectivity index (χ0n) is 13.2. The minimum Gasteiger partial charge on any atom is -0.326 e. The lowest BCUT2D eigenvalue weighted by Crippen LogP contribution is -2.17. The summed E-state index contributed by atoms with van der Waals surface area (Å²) in [6, 6.07) is 3.41. The molecule has 1 rings (SSSR count). The van der Waals surface area contributed by atoms with Gasteiger partial charge in [0.15, 0.2) is 0 Å². The SMILES string of the molecule is CC(=O)CC(=O)Nc1cc(C)c(NC(=O)CC(C)=O)c(C)c1. The van der Waals surface area contributed by atoms with E-state index in [0.717, 1.165) is 11.1 Å². The summed E-state index contributed by atoms with van der Waals surface area (Å²) >= 11 is 0. The number of hydrogen-bond donors (Lipinski definition) is 2. The molecule has 22 heavy (non-hydrogen) atoms. The van der Waals surface area contributed by atoms with Crippen molar-refractivity contribution in [2.75, 3.05) is 10.6 Å². The third kappa shape index (κ3) is 5.47. The second kappa shape index (κ2) is 7.49. The monoisotopic (exact) mass is 304 g/mol. The Labute approximate surface area is 129 Å². The Bertz CT molecular complexity index is 612. The van der Waals surface area contributed by atoms with E-state index in [-0.39, 0.29) is 36.2 Å². The number of anilines is 2. The summed E-state index contributed by atoms with van der Waals surface area (Å²) in [6.07, 6.45) is -0.342. The van der Waals surface area contributed by atoms with Gasteiger partial charge in [-0.25, -0.2) is 0 Å². The van der Waals surface area contributed by atoms with Crippen LogP contribution in [0.2, 0.25) is 0 Å². The summed E-state index contributed by atoms with van der Waals surface area (Å²) in [7, 11) is 0. The molecule has 0 aliphatic heterocycles. The zero-order valence-corrected chi connectivity index (χ0v) is 13.2. The summed E-state index contributed by atoms with van der Waals surface area (Å²) in [5.74, 6) is -1.16. The Morgan fingerprint density at radius 1 is 0.818 bits per heavy atom. The molecule has 0 aliphatic carbocycles. The van der Waals surface area contributed by atoms with Crippen LogP contribution in [0.5, 0.6) is 0 Å². The second-order valence-corrected chi connectivity index (χ2v) is 5.34. The molecule has 6 heteroatoms. The van der Waals surface area contributed by atoms with E-state index in [1.54, 1.807) is 26.0 Å². The summed E-state index contributed by atoms with van der Waals surface area (Å²) in [5.41, 5.74) is 2.70. The van der Waals surface area contributed by atoms with Crippen LogP contribution >= 0.6 is 0 Å². The maximum Gasteiger partial charge on any atom is 0.231 e. The van der Waals surface area contributed by atoms with E-state index in [9.17, 15) is 19.2 Å². The largest absolute Gasteiger partial charge is 0.326 e. The van der Waals surface area contributed by atoms with Gasteiger partial charge in [0, 0.05) is 11.4 Å².